The molecule has 0 atom stereocenters. The molecule has 0 aliphatic carbocycles. The van der Waals surface area contributed by atoms with Crippen molar-refractivity contribution in [3.05, 3.63) is 56.7 Å². The number of nitrogen functional groups attached to an aromatic ring is 1. The van der Waals surface area contributed by atoms with Gasteiger partial charge in [0, 0.05) is 29.7 Å². The molecule has 0 saturated heterocycles. The molecule has 3 rings (SSSR count). The molecule has 0 aliphatic heterocycles. The van der Waals surface area contributed by atoms with Crippen molar-refractivity contribution in [1.29, 1.82) is 0 Å². The second-order valence-corrected chi connectivity index (χ2v) is 7.93. The highest BCUT2D eigenvalue weighted by molar-refractivity contribution is 6.36. The van der Waals surface area contributed by atoms with Crippen LogP contribution in [0.25, 0.3) is 11.3 Å². The van der Waals surface area contributed by atoms with Crippen LogP contribution in [0.5, 0.6) is 0 Å². The van der Waals surface area contributed by atoms with Crippen LogP contribution in [0.4, 0.5) is 42.1 Å². The van der Waals surface area contributed by atoms with Gasteiger partial charge in [0.1, 0.15) is 17.2 Å². The van der Waals surface area contributed by atoms with Crippen molar-refractivity contribution in [2.75, 3.05) is 34.5 Å². The quantitative estimate of drug-likeness (QED) is 0.0676. The SMILES string of the molecule is N/N=C(\N(N)c1cnc(NCCNc2ccc([N+](=O)[O-])c(N)n2)nc1-c1ccc(Cl)cc1Cl)C(F)(F)F. The number of nitro groups is 1. The van der Waals surface area contributed by atoms with E-state index in [0.29, 0.717) is 5.02 Å². The maximum absolute atomic E-state index is 13.4. The molecule has 0 bridgehead atoms. The maximum atomic E-state index is 13.4. The van der Waals surface area contributed by atoms with Gasteiger partial charge in [-0.15, -0.1) is 0 Å². The van der Waals surface area contributed by atoms with Crippen molar-refractivity contribution >= 4 is 58.0 Å². The molecule has 18 heteroatoms. The number of pyridine rings is 1. The fraction of sp³-hybridized carbons (Fsp3) is 0.158. The lowest BCUT2D eigenvalue weighted by Gasteiger charge is -2.23. The predicted octanol–water partition coefficient (Wildman–Crippen LogP) is 3.37. The third kappa shape index (κ3) is 6.54. The van der Waals surface area contributed by atoms with E-state index in [-0.39, 0.29) is 63.3 Å². The Hall–Kier alpha value is -4.15. The molecule has 8 N–H and O–H groups in total. The minimum atomic E-state index is -4.97. The van der Waals surface area contributed by atoms with Crippen molar-refractivity contribution in [1.82, 2.24) is 15.0 Å². The van der Waals surface area contributed by atoms with E-state index in [1.807, 2.05) is 0 Å². The van der Waals surface area contributed by atoms with Gasteiger partial charge in [-0.05, 0) is 24.3 Å². The summed E-state index contributed by atoms with van der Waals surface area (Å²) in [6.07, 6.45) is -3.93. The van der Waals surface area contributed by atoms with Gasteiger partial charge in [0.15, 0.2) is 0 Å². The average molecular weight is 560 g/mol. The van der Waals surface area contributed by atoms with E-state index in [0.717, 1.165) is 6.20 Å². The number of nitrogens with zero attached hydrogens (tertiary/aromatic N) is 6. The first kappa shape index (κ1) is 27.4. The Labute approximate surface area is 216 Å². The number of hydrogen-bond donors (Lipinski definition) is 5. The summed E-state index contributed by atoms with van der Waals surface area (Å²) in [5.41, 5.74) is 5.09. The van der Waals surface area contributed by atoms with E-state index in [2.05, 4.69) is 30.7 Å². The van der Waals surface area contributed by atoms with Gasteiger partial charge in [-0.2, -0.15) is 18.3 Å². The standard InChI is InChI=1S/C19H18Cl2F3N11O2/c20-9-1-2-10(11(21)7-9)15-13(34(27)17(33-26)19(22,23)24)8-30-18(32-15)29-6-5-28-14-4-3-12(35(36)37)16(25)31-14/h1-4,7-8H,5-6,26-27H2,(H3,25,28,31)(H,29,30,32)/b33-17-. The zero-order chi connectivity index (χ0) is 27.3. The van der Waals surface area contributed by atoms with Crippen molar-refractivity contribution in [2.24, 2.45) is 16.8 Å². The highest BCUT2D eigenvalue weighted by Gasteiger charge is 2.41. The molecule has 0 unspecified atom stereocenters. The molecular weight excluding hydrogens is 542 g/mol. The van der Waals surface area contributed by atoms with Gasteiger partial charge in [-0.3, -0.25) is 15.1 Å². The zero-order valence-electron chi connectivity index (χ0n) is 18.5. The topological polar surface area (TPSA) is 200 Å². The van der Waals surface area contributed by atoms with Crippen LogP contribution in [0.2, 0.25) is 10.0 Å². The molecule has 196 valence electrons. The summed E-state index contributed by atoms with van der Waals surface area (Å²) in [6.45, 7) is 0.448. The predicted molar refractivity (Wildman–Crippen MR) is 134 cm³/mol. The lowest BCUT2D eigenvalue weighted by Crippen LogP contribution is -2.47. The summed E-state index contributed by atoms with van der Waals surface area (Å²) in [5.74, 6) is 9.08. The van der Waals surface area contributed by atoms with E-state index >= 15 is 0 Å². The summed E-state index contributed by atoms with van der Waals surface area (Å²) >= 11 is 12.2. The number of nitrogens with one attached hydrogen (secondary N) is 2. The number of rotatable bonds is 8. The number of halogens is 5. The van der Waals surface area contributed by atoms with Crippen molar-refractivity contribution in [3.8, 4) is 11.3 Å². The van der Waals surface area contributed by atoms with Gasteiger partial charge < -0.3 is 22.2 Å². The van der Waals surface area contributed by atoms with Crippen molar-refractivity contribution < 1.29 is 18.1 Å². The molecule has 0 fully saturated rings. The van der Waals surface area contributed by atoms with Crippen LogP contribution in [-0.4, -0.2) is 45.0 Å². The van der Waals surface area contributed by atoms with Crippen LogP contribution < -0.4 is 33.1 Å². The lowest BCUT2D eigenvalue weighted by molar-refractivity contribution is -0.384. The number of hydrogen-bond acceptors (Lipinski definition) is 11. The third-order valence-corrected chi connectivity index (χ3v) is 5.18. The molecule has 0 aliphatic rings. The Morgan fingerprint density at radius 3 is 2.46 bits per heavy atom. The summed E-state index contributed by atoms with van der Waals surface area (Å²) < 4.78 is 40.1. The fourth-order valence-electron chi connectivity index (χ4n) is 2.99. The Bertz CT molecular complexity index is 1340. The second-order valence-electron chi connectivity index (χ2n) is 7.08. The largest absolute Gasteiger partial charge is 0.452 e. The number of hydrazine groups is 1. The highest BCUT2D eigenvalue weighted by atomic mass is 35.5. The second kappa shape index (κ2) is 11.3. The molecule has 0 spiro atoms. The molecule has 1 aromatic carbocycles. The molecule has 0 radical (unpaired) electrons. The number of anilines is 4. The molecule has 3 aromatic rings. The van der Waals surface area contributed by atoms with Crippen LogP contribution >= 0.6 is 23.2 Å². The Morgan fingerprint density at radius 2 is 1.86 bits per heavy atom. The smallest absolute Gasteiger partial charge is 0.378 e. The molecule has 2 aromatic heterocycles. The summed E-state index contributed by atoms with van der Waals surface area (Å²) in [5, 5.41) is 20.0. The van der Waals surface area contributed by atoms with Crippen LogP contribution in [0.1, 0.15) is 0 Å². The first-order valence-electron chi connectivity index (χ1n) is 10.0. The van der Waals surface area contributed by atoms with E-state index in [4.69, 9.17) is 40.6 Å². The summed E-state index contributed by atoms with van der Waals surface area (Å²) in [6, 6.07) is 6.89. The van der Waals surface area contributed by atoms with E-state index in [1.165, 1.54) is 30.3 Å². The number of benzene rings is 1. The minimum Gasteiger partial charge on any atom is -0.378 e. The van der Waals surface area contributed by atoms with Crippen LogP contribution in [0, 0.1) is 10.1 Å². The van der Waals surface area contributed by atoms with Crippen LogP contribution in [-0.2, 0) is 0 Å². The van der Waals surface area contributed by atoms with Gasteiger partial charge >= 0.3 is 11.9 Å². The molecule has 0 amide bonds. The monoisotopic (exact) mass is 559 g/mol. The van der Waals surface area contributed by atoms with Crippen molar-refractivity contribution in [3.63, 3.8) is 0 Å². The van der Waals surface area contributed by atoms with E-state index in [1.54, 1.807) is 0 Å². The number of nitrogens with two attached hydrogens (primary N) is 3. The first-order chi connectivity index (χ1) is 17.4. The number of amidine groups is 1. The number of hydrazone groups is 1. The molecular formula is C19H18Cl2F3N11O2. The van der Waals surface area contributed by atoms with Crippen molar-refractivity contribution in [2.45, 2.75) is 6.18 Å². The lowest BCUT2D eigenvalue weighted by atomic mass is 10.1. The average Bonchev–Trinajstić information content (AvgIpc) is 2.81. The maximum Gasteiger partial charge on any atom is 0.452 e. The molecule has 2 heterocycles. The summed E-state index contributed by atoms with van der Waals surface area (Å²) in [7, 11) is 0. The minimum absolute atomic E-state index is 0.0226. The van der Waals surface area contributed by atoms with Gasteiger partial charge in [0.05, 0.1) is 16.1 Å². The third-order valence-electron chi connectivity index (χ3n) is 4.63. The number of alkyl halides is 3. The van der Waals surface area contributed by atoms with Gasteiger partial charge in [-0.1, -0.05) is 23.2 Å². The number of aromatic nitrogens is 3. The van der Waals surface area contributed by atoms with E-state index < -0.39 is 16.9 Å². The van der Waals surface area contributed by atoms with Crippen LogP contribution in [0.3, 0.4) is 0 Å². The van der Waals surface area contributed by atoms with Gasteiger partial charge in [-0.25, -0.2) is 20.8 Å². The Kier molecular flexibility index (Phi) is 8.36. The highest BCUT2D eigenvalue weighted by Crippen LogP contribution is 2.36. The van der Waals surface area contributed by atoms with Crippen LogP contribution in [0.15, 0.2) is 41.6 Å². The van der Waals surface area contributed by atoms with E-state index in [9.17, 15) is 23.3 Å². The summed E-state index contributed by atoms with van der Waals surface area (Å²) in [4.78, 5) is 22.4. The van der Waals surface area contributed by atoms with Gasteiger partial charge in [0.25, 0.3) is 0 Å². The molecule has 0 saturated carbocycles. The zero-order valence-corrected chi connectivity index (χ0v) is 20.0. The Balaban J connectivity index is 1.84. The molecule has 13 nitrogen and oxygen atoms in total. The van der Waals surface area contributed by atoms with Gasteiger partial charge in [0.2, 0.25) is 17.6 Å². The normalized spacial score (nSPS) is 11.8. The molecule has 37 heavy (non-hydrogen) atoms. The Morgan fingerprint density at radius 1 is 1.16 bits per heavy atom. The fourth-order valence-corrected chi connectivity index (χ4v) is 3.49. The first-order valence-corrected chi connectivity index (χ1v) is 10.8.